The van der Waals surface area contributed by atoms with Gasteiger partial charge in [0.15, 0.2) is 0 Å². The quantitative estimate of drug-likeness (QED) is 0.437. The number of para-hydroxylation sites is 1. The number of amides is 1. The lowest BCUT2D eigenvalue weighted by Crippen LogP contribution is -2.48. The molecule has 5 rings (SSSR count). The molecule has 0 atom stereocenters. The molecule has 1 N–H and O–H groups in total. The maximum atomic E-state index is 11.7. The number of nitrogens with zero attached hydrogens (tertiary/aromatic N) is 5. The molecule has 0 aliphatic carbocycles. The molecular formula is C27H28N6O3. The summed E-state index contributed by atoms with van der Waals surface area (Å²) in [5, 5.41) is 4.33. The van der Waals surface area contributed by atoms with Crippen molar-refractivity contribution < 1.29 is 14.3 Å². The van der Waals surface area contributed by atoms with Gasteiger partial charge in [-0.25, -0.2) is 9.97 Å². The van der Waals surface area contributed by atoms with Crippen molar-refractivity contribution in [2.75, 3.05) is 50.6 Å². The molecule has 0 unspecified atom stereocenters. The van der Waals surface area contributed by atoms with Crippen molar-refractivity contribution in [1.29, 1.82) is 0 Å². The summed E-state index contributed by atoms with van der Waals surface area (Å²) in [6.45, 7) is 4.39. The van der Waals surface area contributed by atoms with E-state index in [2.05, 4.69) is 26.3 Å². The predicted molar refractivity (Wildman–Crippen MR) is 140 cm³/mol. The fourth-order valence-corrected chi connectivity index (χ4v) is 4.40. The van der Waals surface area contributed by atoms with E-state index in [1.165, 1.54) is 0 Å². The standard InChI is InChI=1S/C27H28N6O3/c1-18(34)32-10-12-33(13-11-32)24-16-25(35-2)23(15-26(24)36-3)31-27-28-9-8-22(30-27)20-14-19-6-4-5-7-21(19)29-17-20/h4-9,14-17H,10-13H2,1-3H3,(H,28,30,31). The molecule has 1 fully saturated rings. The SMILES string of the molecule is COc1cc(N2CCN(C(C)=O)CC2)c(OC)cc1Nc1nccc(-c2cnc3ccccc3c2)n1. The number of piperazine rings is 1. The van der Waals surface area contributed by atoms with E-state index in [9.17, 15) is 4.79 Å². The zero-order valence-electron chi connectivity index (χ0n) is 20.6. The van der Waals surface area contributed by atoms with E-state index < -0.39 is 0 Å². The summed E-state index contributed by atoms with van der Waals surface area (Å²) in [4.78, 5) is 29.4. The molecule has 36 heavy (non-hydrogen) atoms. The first-order valence-electron chi connectivity index (χ1n) is 11.8. The Bertz CT molecular complexity index is 1400. The highest BCUT2D eigenvalue weighted by atomic mass is 16.5. The number of methoxy groups -OCH3 is 2. The van der Waals surface area contributed by atoms with Gasteiger partial charge in [0.25, 0.3) is 0 Å². The van der Waals surface area contributed by atoms with E-state index >= 15 is 0 Å². The Labute approximate surface area is 209 Å². The highest BCUT2D eigenvalue weighted by molar-refractivity contribution is 5.83. The Morgan fingerprint density at radius 3 is 2.47 bits per heavy atom. The van der Waals surface area contributed by atoms with Crippen LogP contribution in [0.5, 0.6) is 11.5 Å². The van der Waals surface area contributed by atoms with Crippen LogP contribution in [0.25, 0.3) is 22.2 Å². The van der Waals surface area contributed by atoms with Crippen molar-refractivity contribution in [3.63, 3.8) is 0 Å². The number of rotatable bonds is 6. The first kappa shape index (κ1) is 23.3. The van der Waals surface area contributed by atoms with Crippen LogP contribution in [-0.4, -0.2) is 66.2 Å². The molecule has 0 saturated carbocycles. The first-order chi connectivity index (χ1) is 17.6. The van der Waals surface area contributed by atoms with Crippen molar-refractivity contribution in [2.24, 2.45) is 0 Å². The van der Waals surface area contributed by atoms with E-state index in [-0.39, 0.29) is 5.91 Å². The predicted octanol–water partition coefficient (Wildman–Crippen LogP) is 4.12. The highest BCUT2D eigenvalue weighted by Gasteiger charge is 2.23. The molecule has 4 aromatic rings. The van der Waals surface area contributed by atoms with Crippen molar-refractivity contribution in [1.82, 2.24) is 19.9 Å². The maximum absolute atomic E-state index is 11.7. The molecule has 0 spiro atoms. The number of carbonyl (C=O) groups is 1. The van der Waals surface area contributed by atoms with Gasteiger partial charge in [-0.3, -0.25) is 9.78 Å². The fourth-order valence-electron chi connectivity index (χ4n) is 4.40. The van der Waals surface area contributed by atoms with Gasteiger partial charge in [0.05, 0.1) is 36.8 Å². The Kier molecular flexibility index (Phi) is 6.53. The Morgan fingerprint density at radius 2 is 1.72 bits per heavy atom. The second kappa shape index (κ2) is 10.1. The van der Waals surface area contributed by atoms with E-state index in [0.29, 0.717) is 36.2 Å². The van der Waals surface area contributed by atoms with Gasteiger partial charge in [0.1, 0.15) is 11.5 Å². The van der Waals surface area contributed by atoms with Gasteiger partial charge in [-0.05, 0) is 18.2 Å². The monoisotopic (exact) mass is 484 g/mol. The number of hydrogen-bond acceptors (Lipinski definition) is 8. The van der Waals surface area contributed by atoms with Crippen LogP contribution in [-0.2, 0) is 4.79 Å². The number of ether oxygens (including phenoxy) is 2. The molecule has 0 radical (unpaired) electrons. The number of carbonyl (C=O) groups excluding carboxylic acids is 1. The molecular weight excluding hydrogens is 456 g/mol. The van der Waals surface area contributed by atoms with Crippen LogP contribution in [0.3, 0.4) is 0 Å². The Morgan fingerprint density at radius 1 is 0.944 bits per heavy atom. The Hall–Kier alpha value is -4.40. The van der Waals surface area contributed by atoms with Crippen molar-refractivity contribution >= 4 is 34.1 Å². The minimum atomic E-state index is 0.0976. The highest BCUT2D eigenvalue weighted by Crippen LogP contribution is 2.40. The van der Waals surface area contributed by atoms with Crippen LogP contribution in [0.4, 0.5) is 17.3 Å². The number of nitrogens with one attached hydrogen (secondary N) is 1. The van der Waals surface area contributed by atoms with Gasteiger partial charge >= 0.3 is 0 Å². The zero-order chi connectivity index (χ0) is 25.1. The average Bonchev–Trinajstić information content (AvgIpc) is 2.92. The van der Waals surface area contributed by atoms with Crippen LogP contribution >= 0.6 is 0 Å². The molecule has 9 nitrogen and oxygen atoms in total. The molecule has 3 heterocycles. The Balaban J connectivity index is 1.41. The van der Waals surface area contributed by atoms with Gasteiger partial charge in [-0.2, -0.15) is 0 Å². The molecule has 9 heteroatoms. The van der Waals surface area contributed by atoms with Gasteiger partial charge in [0, 0.05) is 68.6 Å². The summed E-state index contributed by atoms with van der Waals surface area (Å²) >= 11 is 0. The summed E-state index contributed by atoms with van der Waals surface area (Å²) in [5.74, 6) is 1.87. The minimum absolute atomic E-state index is 0.0976. The number of anilines is 3. The first-order valence-corrected chi connectivity index (χ1v) is 11.8. The smallest absolute Gasteiger partial charge is 0.227 e. The van der Waals surface area contributed by atoms with E-state index in [1.807, 2.05) is 53.6 Å². The second-order valence-corrected chi connectivity index (χ2v) is 8.52. The number of fused-ring (bicyclic) bond motifs is 1. The van der Waals surface area contributed by atoms with Crippen LogP contribution in [0.2, 0.25) is 0 Å². The fraction of sp³-hybridized carbons (Fsp3) is 0.259. The van der Waals surface area contributed by atoms with Crippen molar-refractivity contribution in [3.8, 4) is 22.8 Å². The molecule has 1 aliphatic rings. The third-order valence-electron chi connectivity index (χ3n) is 6.35. The van der Waals surface area contributed by atoms with Gasteiger partial charge < -0.3 is 24.6 Å². The average molecular weight is 485 g/mol. The van der Waals surface area contributed by atoms with Crippen LogP contribution < -0.4 is 19.7 Å². The summed E-state index contributed by atoms with van der Waals surface area (Å²) in [7, 11) is 3.27. The van der Waals surface area contributed by atoms with Crippen LogP contribution in [0.1, 0.15) is 6.92 Å². The second-order valence-electron chi connectivity index (χ2n) is 8.52. The van der Waals surface area contributed by atoms with E-state index in [0.717, 1.165) is 40.9 Å². The topological polar surface area (TPSA) is 92.7 Å². The third-order valence-corrected chi connectivity index (χ3v) is 6.35. The van der Waals surface area contributed by atoms with Gasteiger partial charge in [0.2, 0.25) is 11.9 Å². The molecule has 2 aromatic heterocycles. The lowest BCUT2D eigenvalue weighted by Gasteiger charge is -2.36. The maximum Gasteiger partial charge on any atom is 0.227 e. The largest absolute Gasteiger partial charge is 0.494 e. The van der Waals surface area contributed by atoms with Gasteiger partial charge in [-0.1, -0.05) is 18.2 Å². The zero-order valence-corrected chi connectivity index (χ0v) is 20.6. The molecule has 184 valence electrons. The normalized spacial score (nSPS) is 13.5. The number of benzene rings is 2. The lowest BCUT2D eigenvalue weighted by atomic mass is 10.1. The van der Waals surface area contributed by atoms with Gasteiger partial charge in [-0.15, -0.1) is 0 Å². The summed E-state index contributed by atoms with van der Waals surface area (Å²) in [5.41, 5.74) is 4.21. The number of aromatic nitrogens is 3. The summed E-state index contributed by atoms with van der Waals surface area (Å²) < 4.78 is 11.4. The van der Waals surface area contributed by atoms with Crippen LogP contribution in [0, 0.1) is 0 Å². The number of pyridine rings is 1. The lowest BCUT2D eigenvalue weighted by molar-refractivity contribution is -0.129. The van der Waals surface area contributed by atoms with E-state index in [1.54, 1.807) is 27.3 Å². The summed E-state index contributed by atoms with van der Waals surface area (Å²) in [6.07, 6.45) is 3.53. The van der Waals surface area contributed by atoms with Crippen molar-refractivity contribution in [3.05, 3.63) is 60.9 Å². The molecule has 1 aliphatic heterocycles. The molecule has 1 amide bonds. The molecule has 0 bridgehead atoms. The summed E-state index contributed by atoms with van der Waals surface area (Å²) in [6, 6.07) is 15.7. The molecule has 2 aromatic carbocycles. The minimum Gasteiger partial charge on any atom is -0.494 e. The molecule has 1 saturated heterocycles. The van der Waals surface area contributed by atoms with Crippen LogP contribution in [0.15, 0.2) is 60.9 Å². The van der Waals surface area contributed by atoms with Crippen molar-refractivity contribution in [2.45, 2.75) is 6.92 Å². The number of hydrogen-bond donors (Lipinski definition) is 1. The van der Waals surface area contributed by atoms with E-state index in [4.69, 9.17) is 14.5 Å². The third kappa shape index (κ3) is 4.72.